The molecule has 1 amide bonds. The zero-order valence-corrected chi connectivity index (χ0v) is 14.4. The van der Waals surface area contributed by atoms with E-state index in [1.54, 1.807) is 0 Å². The van der Waals surface area contributed by atoms with Crippen molar-refractivity contribution in [2.45, 2.75) is 6.42 Å². The summed E-state index contributed by atoms with van der Waals surface area (Å²) in [6.45, 7) is 0.717. The van der Waals surface area contributed by atoms with Crippen molar-refractivity contribution in [2.24, 2.45) is 0 Å². The number of hydrogen-bond acceptors (Lipinski definition) is 4. The lowest BCUT2D eigenvalue weighted by atomic mass is 10.1. The molecule has 126 valence electrons. The molecule has 0 atom stereocenters. The molecular weight excluding hydrogens is 353 g/mol. The summed E-state index contributed by atoms with van der Waals surface area (Å²) >= 11 is 12.1. The number of carbonyl (C=O) groups is 1. The number of ether oxygens (including phenoxy) is 3. The van der Waals surface area contributed by atoms with E-state index in [-0.39, 0.29) is 12.7 Å². The van der Waals surface area contributed by atoms with Gasteiger partial charge in [0.15, 0.2) is 17.2 Å². The van der Waals surface area contributed by atoms with Crippen molar-refractivity contribution in [1.82, 2.24) is 5.32 Å². The fourth-order valence-corrected chi connectivity index (χ4v) is 3.05. The van der Waals surface area contributed by atoms with Gasteiger partial charge in [0.1, 0.15) is 0 Å². The summed E-state index contributed by atoms with van der Waals surface area (Å²) in [5.74, 6) is 1.58. The van der Waals surface area contributed by atoms with E-state index in [0.29, 0.717) is 34.3 Å². The van der Waals surface area contributed by atoms with Gasteiger partial charge in [-0.2, -0.15) is 0 Å². The molecule has 5 nitrogen and oxygen atoms in total. The SMILES string of the molecule is COc1c(Cl)cc(C(=O)NCCc2ccc3c(c2)OCO3)cc1Cl. The van der Waals surface area contributed by atoms with E-state index < -0.39 is 0 Å². The van der Waals surface area contributed by atoms with Gasteiger partial charge in [-0.3, -0.25) is 4.79 Å². The Morgan fingerprint density at radius 2 is 1.88 bits per heavy atom. The van der Waals surface area contributed by atoms with Crippen LogP contribution in [0.5, 0.6) is 17.2 Å². The Kier molecular flexibility index (Phi) is 5.02. The Hall–Kier alpha value is -2.11. The molecule has 1 heterocycles. The molecule has 0 aliphatic carbocycles. The second-order valence-corrected chi connectivity index (χ2v) is 5.98. The molecule has 1 N–H and O–H groups in total. The number of rotatable bonds is 5. The third-order valence-corrected chi connectivity index (χ3v) is 4.16. The predicted molar refractivity (Wildman–Crippen MR) is 91.6 cm³/mol. The highest BCUT2D eigenvalue weighted by atomic mass is 35.5. The number of amides is 1. The molecule has 2 aromatic carbocycles. The lowest BCUT2D eigenvalue weighted by Gasteiger charge is -2.10. The average molecular weight is 368 g/mol. The van der Waals surface area contributed by atoms with E-state index >= 15 is 0 Å². The number of methoxy groups -OCH3 is 1. The van der Waals surface area contributed by atoms with Crippen LogP contribution in [0.25, 0.3) is 0 Å². The van der Waals surface area contributed by atoms with Crippen LogP contribution >= 0.6 is 23.2 Å². The highest BCUT2D eigenvalue weighted by Crippen LogP contribution is 2.34. The van der Waals surface area contributed by atoms with Crippen LogP contribution in [0.15, 0.2) is 30.3 Å². The highest BCUT2D eigenvalue weighted by Gasteiger charge is 2.15. The summed E-state index contributed by atoms with van der Waals surface area (Å²) in [6, 6.07) is 8.78. The smallest absolute Gasteiger partial charge is 0.251 e. The van der Waals surface area contributed by atoms with Crippen molar-refractivity contribution in [3.63, 3.8) is 0 Å². The summed E-state index contributed by atoms with van der Waals surface area (Å²) in [6.07, 6.45) is 0.667. The number of carbonyl (C=O) groups excluding carboxylic acids is 1. The summed E-state index contributed by atoms with van der Waals surface area (Å²) < 4.78 is 15.7. The van der Waals surface area contributed by atoms with Crippen LogP contribution in [-0.2, 0) is 6.42 Å². The third kappa shape index (κ3) is 3.52. The largest absolute Gasteiger partial charge is 0.494 e. The van der Waals surface area contributed by atoms with Crippen LogP contribution in [0.3, 0.4) is 0 Å². The molecule has 1 aliphatic rings. The minimum atomic E-state index is -0.248. The minimum absolute atomic E-state index is 0.245. The van der Waals surface area contributed by atoms with E-state index in [4.69, 9.17) is 37.4 Å². The predicted octanol–water partition coefficient (Wildman–Crippen LogP) is 3.70. The molecule has 3 rings (SSSR count). The van der Waals surface area contributed by atoms with Crippen LogP contribution < -0.4 is 19.5 Å². The lowest BCUT2D eigenvalue weighted by Crippen LogP contribution is -2.25. The van der Waals surface area contributed by atoms with Crippen molar-refractivity contribution in [3.05, 3.63) is 51.5 Å². The zero-order chi connectivity index (χ0) is 17.1. The van der Waals surface area contributed by atoms with Crippen molar-refractivity contribution in [1.29, 1.82) is 0 Å². The fourth-order valence-electron chi connectivity index (χ4n) is 2.40. The summed E-state index contributed by atoms with van der Waals surface area (Å²) in [4.78, 5) is 12.2. The Labute approximate surface area is 149 Å². The van der Waals surface area contributed by atoms with E-state index in [9.17, 15) is 4.79 Å². The molecule has 0 unspecified atom stereocenters. The monoisotopic (exact) mass is 367 g/mol. The Balaban J connectivity index is 1.60. The van der Waals surface area contributed by atoms with Crippen LogP contribution in [0.4, 0.5) is 0 Å². The highest BCUT2D eigenvalue weighted by molar-refractivity contribution is 6.37. The van der Waals surface area contributed by atoms with Gasteiger partial charge in [0.2, 0.25) is 6.79 Å². The summed E-state index contributed by atoms with van der Waals surface area (Å²) in [5, 5.41) is 3.43. The molecule has 7 heteroatoms. The Morgan fingerprint density at radius 1 is 1.17 bits per heavy atom. The second-order valence-electron chi connectivity index (χ2n) is 5.17. The Bertz CT molecular complexity index is 756. The molecule has 0 radical (unpaired) electrons. The number of hydrogen-bond donors (Lipinski definition) is 1. The van der Waals surface area contributed by atoms with E-state index in [1.807, 2.05) is 18.2 Å². The maximum Gasteiger partial charge on any atom is 0.251 e. The molecule has 1 aliphatic heterocycles. The second kappa shape index (κ2) is 7.20. The first-order chi connectivity index (χ1) is 11.6. The molecule has 24 heavy (non-hydrogen) atoms. The van der Waals surface area contributed by atoms with Gasteiger partial charge >= 0.3 is 0 Å². The first-order valence-corrected chi connectivity index (χ1v) is 8.04. The standard InChI is InChI=1S/C17H15Cl2NO4/c1-22-16-12(18)7-11(8-13(16)19)17(21)20-5-4-10-2-3-14-15(6-10)24-9-23-14/h2-3,6-8H,4-5,9H2,1H3,(H,20,21). The van der Waals surface area contributed by atoms with Gasteiger partial charge in [-0.25, -0.2) is 0 Å². The van der Waals surface area contributed by atoms with Gasteiger partial charge in [0, 0.05) is 12.1 Å². The minimum Gasteiger partial charge on any atom is -0.494 e. The van der Waals surface area contributed by atoms with Crippen LogP contribution in [0.2, 0.25) is 10.0 Å². The molecule has 0 saturated carbocycles. The number of nitrogens with one attached hydrogen (secondary N) is 1. The third-order valence-electron chi connectivity index (χ3n) is 3.60. The molecular formula is C17H15Cl2NO4. The molecule has 2 aromatic rings. The molecule has 0 fully saturated rings. The van der Waals surface area contributed by atoms with E-state index in [0.717, 1.165) is 17.1 Å². The summed E-state index contributed by atoms with van der Waals surface area (Å²) in [5.41, 5.74) is 1.43. The van der Waals surface area contributed by atoms with Gasteiger partial charge in [-0.1, -0.05) is 29.3 Å². The van der Waals surface area contributed by atoms with Crippen LogP contribution in [0.1, 0.15) is 15.9 Å². The molecule has 0 spiro atoms. The number of benzene rings is 2. The van der Waals surface area contributed by atoms with Gasteiger partial charge in [0.05, 0.1) is 17.2 Å². The first-order valence-electron chi connectivity index (χ1n) is 7.28. The Morgan fingerprint density at radius 3 is 2.58 bits per heavy atom. The van der Waals surface area contributed by atoms with Gasteiger partial charge < -0.3 is 19.5 Å². The van der Waals surface area contributed by atoms with E-state index in [1.165, 1.54) is 19.2 Å². The topological polar surface area (TPSA) is 56.8 Å². The maximum atomic E-state index is 12.2. The van der Waals surface area contributed by atoms with E-state index in [2.05, 4.69) is 5.32 Å². The average Bonchev–Trinajstić information content (AvgIpc) is 3.02. The van der Waals surface area contributed by atoms with Crippen molar-refractivity contribution in [3.8, 4) is 17.2 Å². The van der Waals surface area contributed by atoms with Crippen molar-refractivity contribution in [2.75, 3.05) is 20.4 Å². The molecule has 0 saturated heterocycles. The quantitative estimate of drug-likeness (QED) is 0.875. The van der Waals surface area contributed by atoms with Crippen LogP contribution in [-0.4, -0.2) is 26.4 Å². The fraction of sp³-hybridized carbons (Fsp3) is 0.235. The summed E-state index contributed by atoms with van der Waals surface area (Å²) in [7, 11) is 1.47. The zero-order valence-electron chi connectivity index (χ0n) is 12.9. The van der Waals surface area contributed by atoms with Crippen molar-refractivity contribution < 1.29 is 19.0 Å². The molecule has 0 bridgehead atoms. The number of fused-ring (bicyclic) bond motifs is 1. The number of halogens is 2. The molecule has 0 aromatic heterocycles. The lowest BCUT2D eigenvalue weighted by molar-refractivity contribution is 0.0954. The van der Waals surface area contributed by atoms with Crippen LogP contribution in [0, 0.1) is 0 Å². The van der Waals surface area contributed by atoms with Gasteiger partial charge in [-0.15, -0.1) is 0 Å². The first kappa shape index (κ1) is 16.7. The maximum absolute atomic E-state index is 12.2. The van der Waals surface area contributed by atoms with Gasteiger partial charge in [0.25, 0.3) is 5.91 Å². The van der Waals surface area contributed by atoms with Gasteiger partial charge in [-0.05, 0) is 36.2 Å². The normalized spacial score (nSPS) is 12.1. The van der Waals surface area contributed by atoms with Crippen molar-refractivity contribution >= 4 is 29.1 Å².